The van der Waals surface area contributed by atoms with Crippen molar-refractivity contribution >= 4 is 11.9 Å². The second-order valence-electron chi connectivity index (χ2n) is 5.93. The largest absolute Gasteiger partial charge is 0.480 e. The van der Waals surface area contributed by atoms with Crippen LogP contribution in [0.25, 0.3) is 0 Å². The summed E-state index contributed by atoms with van der Waals surface area (Å²) in [6, 6.07) is 17.9. The van der Waals surface area contributed by atoms with E-state index in [2.05, 4.69) is 4.74 Å². The first-order valence-corrected chi connectivity index (χ1v) is 7.64. The van der Waals surface area contributed by atoms with Gasteiger partial charge in [-0.15, -0.1) is 0 Å². The van der Waals surface area contributed by atoms with Gasteiger partial charge in [-0.25, -0.2) is 9.59 Å². The Kier molecular flexibility index (Phi) is 6.85. The van der Waals surface area contributed by atoms with E-state index in [0.717, 1.165) is 5.56 Å². The van der Waals surface area contributed by atoms with Crippen molar-refractivity contribution in [2.45, 2.75) is 24.9 Å². The minimum absolute atomic E-state index is 0.432. The maximum atomic E-state index is 11.3. The second-order valence-corrected chi connectivity index (χ2v) is 5.93. The summed E-state index contributed by atoms with van der Waals surface area (Å²) in [5.41, 5.74) is 10.4. The third-order valence-electron chi connectivity index (χ3n) is 3.80. The number of hydrogen-bond donors (Lipinski definition) is 3. The van der Waals surface area contributed by atoms with Gasteiger partial charge >= 0.3 is 11.9 Å². The molecule has 0 fully saturated rings. The van der Waals surface area contributed by atoms with Crippen molar-refractivity contribution in [3.63, 3.8) is 0 Å². The molecule has 2 aromatic carbocycles. The Labute approximate surface area is 147 Å². The molecule has 0 radical (unpaired) electrons. The molecule has 0 aromatic heterocycles. The van der Waals surface area contributed by atoms with Gasteiger partial charge in [0.2, 0.25) is 0 Å². The van der Waals surface area contributed by atoms with E-state index in [-0.39, 0.29) is 0 Å². The summed E-state index contributed by atoms with van der Waals surface area (Å²) in [5.74, 6) is -1.45. The molecule has 6 heteroatoms. The van der Waals surface area contributed by atoms with E-state index >= 15 is 0 Å². The zero-order valence-electron chi connectivity index (χ0n) is 14.6. The fraction of sp³-hybridized carbons (Fsp3) is 0.263. The molecule has 0 aliphatic heterocycles. The van der Waals surface area contributed by atoms with Crippen LogP contribution in [-0.2, 0) is 25.4 Å². The molecular formula is C19H24N2O4. The number of carbonyl (C=O) groups is 2. The molecule has 25 heavy (non-hydrogen) atoms. The highest BCUT2D eigenvalue weighted by atomic mass is 16.5. The number of nitrogens with two attached hydrogens (primary N) is 2. The van der Waals surface area contributed by atoms with Crippen molar-refractivity contribution in [3.05, 3.63) is 71.8 Å². The molecule has 0 saturated carbocycles. The quantitative estimate of drug-likeness (QED) is 0.730. The Morgan fingerprint density at radius 1 is 0.840 bits per heavy atom. The highest BCUT2D eigenvalue weighted by Gasteiger charge is 2.31. The molecule has 0 saturated heterocycles. The lowest BCUT2D eigenvalue weighted by Crippen LogP contribution is -2.42. The van der Waals surface area contributed by atoms with Gasteiger partial charge < -0.3 is 21.3 Å². The van der Waals surface area contributed by atoms with Gasteiger partial charge in [0.1, 0.15) is 11.1 Å². The number of hydrogen-bond acceptors (Lipinski definition) is 5. The lowest BCUT2D eigenvalue weighted by Gasteiger charge is -2.21. The molecule has 0 unspecified atom stereocenters. The van der Waals surface area contributed by atoms with Gasteiger partial charge in [-0.2, -0.15) is 0 Å². The summed E-state index contributed by atoms with van der Waals surface area (Å²) in [5, 5.41) is 8.77. The average Bonchev–Trinajstić information content (AvgIpc) is 2.62. The van der Waals surface area contributed by atoms with Crippen LogP contribution >= 0.6 is 0 Å². The number of ether oxygens (including phenoxy) is 1. The second kappa shape index (κ2) is 8.41. The Hall–Kier alpha value is -2.70. The number of benzene rings is 2. The zero-order chi connectivity index (χ0) is 19.1. The van der Waals surface area contributed by atoms with Crippen molar-refractivity contribution in [3.8, 4) is 0 Å². The van der Waals surface area contributed by atoms with Crippen LogP contribution in [0.5, 0.6) is 0 Å². The van der Waals surface area contributed by atoms with Gasteiger partial charge in [0.05, 0.1) is 7.11 Å². The molecule has 134 valence electrons. The summed E-state index contributed by atoms with van der Waals surface area (Å²) in [4.78, 5) is 22.0. The number of carboxylic acid groups (broad SMARTS) is 1. The Balaban J connectivity index is 0.000000251. The summed E-state index contributed by atoms with van der Waals surface area (Å²) < 4.78 is 4.61. The molecule has 0 aliphatic carbocycles. The van der Waals surface area contributed by atoms with Gasteiger partial charge in [-0.3, -0.25) is 0 Å². The number of carbonyl (C=O) groups excluding carboxylic acids is 1. The van der Waals surface area contributed by atoms with Crippen molar-refractivity contribution < 1.29 is 19.4 Å². The molecular weight excluding hydrogens is 320 g/mol. The fourth-order valence-corrected chi connectivity index (χ4v) is 2.02. The Morgan fingerprint density at radius 3 is 1.52 bits per heavy atom. The molecule has 0 spiro atoms. The molecule has 2 atom stereocenters. The number of rotatable bonds is 4. The molecule has 6 nitrogen and oxygen atoms in total. The van der Waals surface area contributed by atoms with E-state index in [9.17, 15) is 9.59 Å². The minimum Gasteiger partial charge on any atom is -0.480 e. The standard InChI is InChI=1S/C10H13NO2.C9H11NO2/c1-10(11,9(12)13-2)8-6-4-3-5-7-8;1-9(10,8(11)12)7-5-3-2-4-6-7/h3-7H,11H2,1-2H3;2-6H,10H2,1H3,(H,11,12)/t10-;9-/m00/s1. The summed E-state index contributed by atoms with van der Waals surface area (Å²) >= 11 is 0. The normalized spacial score (nSPS) is 14.9. The van der Waals surface area contributed by atoms with Crippen molar-refractivity contribution in [2.75, 3.05) is 7.11 Å². The van der Waals surface area contributed by atoms with E-state index in [1.54, 1.807) is 43.3 Å². The van der Waals surface area contributed by atoms with Gasteiger partial charge in [-0.05, 0) is 25.0 Å². The lowest BCUT2D eigenvalue weighted by molar-refractivity contribution is -0.146. The molecule has 0 heterocycles. The van der Waals surface area contributed by atoms with Crippen LogP contribution in [-0.4, -0.2) is 24.2 Å². The highest BCUT2D eigenvalue weighted by Crippen LogP contribution is 2.18. The monoisotopic (exact) mass is 344 g/mol. The van der Waals surface area contributed by atoms with Gasteiger partial charge in [0.15, 0.2) is 0 Å². The van der Waals surface area contributed by atoms with Crippen LogP contribution in [0.15, 0.2) is 60.7 Å². The summed E-state index contributed by atoms with van der Waals surface area (Å²) in [6.07, 6.45) is 0. The van der Waals surface area contributed by atoms with Crippen molar-refractivity contribution in [1.82, 2.24) is 0 Å². The topological polar surface area (TPSA) is 116 Å². The Morgan fingerprint density at radius 2 is 1.20 bits per heavy atom. The number of methoxy groups -OCH3 is 1. The molecule has 0 aliphatic rings. The smallest absolute Gasteiger partial charge is 0.330 e. The van der Waals surface area contributed by atoms with Crippen molar-refractivity contribution in [2.24, 2.45) is 11.5 Å². The van der Waals surface area contributed by atoms with E-state index in [1.165, 1.54) is 14.0 Å². The average molecular weight is 344 g/mol. The fourth-order valence-electron chi connectivity index (χ4n) is 2.02. The minimum atomic E-state index is -1.29. The maximum Gasteiger partial charge on any atom is 0.330 e. The van der Waals surface area contributed by atoms with Gasteiger partial charge in [0, 0.05) is 0 Å². The van der Waals surface area contributed by atoms with E-state index in [0.29, 0.717) is 5.56 Å². The molecule has 5 N–H and O–H groups in total. The third-order valence-corrected chi connectivity index (χ3v) is 3.80. The molecule has 0 amide bonds. The molecule has 2 aromatic rings. The first-order chi connectivity index (χ1) is 11.6. The number of esters is 1. The Bertz CT molecular complexity index is 698. The third kappa shape index (κ3) is 5.14. The number of carboxylic acids is 1. The van der Waals surface area contributed by atoms with Crippen LogP contribution < -0.4 is 11.5 Å². The first kappa shape index (κ1) is 20.3. The molecule has 2 rings (SSSR count). The summed E-state index contributed by atoms with van der Waals surface area (Å²) in [6.45, 7) is 3.11. The van der Waals surface area contributed by atoms with Crippen LogP contribution in [0, 0.1) is 0 Å². The van der Waals surface area contributed by atoms with Crippen LogP contribution in [0.3, 0.4) is 0 Å². The van der Waals surface area contributed by atoms with Crippen LogP contribution in [0.4, 0.5) is 0 Å². The van der Waals surface area contributed by atoms with Crippen molar-refractivity contribution in [1.29, 1.82) is 0 Å². The molecule has 0 bridgehead atoms. The van der Waals surface area contributed by atoms with Crippen LogP contribution in [0.2, 0.25) is 0 Å². The zero-order valence-corrected chi connectivity index (χ0v) is 14.6. The van der Waals surface area contributed by atoms with E-state index < -0.39 is 23.0 Å². The highest BCUT2D eigenvalue weighted by molar-refractivity contribution is 5.81. The van der Waals surface area contributed by atoms with E-state index in [4.69, 9.17) is 16.6 Å². The van der Waals surface area contributed by atoms with Gasteiger partial charge in [-0.1, -0.05) is 60.7 Å². The van der Waals surface area contributed by atoms with Gasteiger partial charge in [0.25, 0.3) is 0 Å². The lowest BCUT2D eigenvalue weighted by atomic mass is 9.94. The predicted molar refractivity (Wildman–Crippen MR) is 95.6 cm³/mol. The van der Waals surface area contributed by atoms with E-state index in [1.807, 2.05) is 24.3 Å². The number of aliphatic carboxylic acids is 1. The van der Waals surface area contributed by atoms with Crippen LogP contribution in [0.1, 0.15) is 25.0 Å². The predicted octanol–water partition coefficient (Wildman–Crippen LogP) is 1.98. The summed E-state index contributed by atoms with van der Waals surface area (Å²) in [7, 11) is 1.33. The first-order valence-electron chi connectivity index (χ1n) is 7.64. The SMILES string of the molecule is COC(=O)[C@@](C)(N)c1ccccc1.C[C@@](N)(C(=O)O)c1ccccc1. The maximum absolute atomic E-state index is 11.3.